The number of nitrogen functional groups attached to an aromatic ring is 1. The second-order valence-corrected chi connectivity index (χ2v) is 3.27. The molecule has 0 aliphatic carbocycles. The van der Waals surface area contributed by atoms with Gasteiger partial charge in [0.05, 0.1) is 5.56 Å². The van der Waals surface area contributed by atoms with E-state index in [1.807, 2.05) is 0 Å². The first-order chi connectivity index (χ1) is 5.96. The molecule has 72 valence electrons. The predicted octanol–water partition coefficient (Wildman–Crippen LogP) is 3.01. The molecule has 0 aliphatic rings. The van der Waals surface area contributed by atoms with E-state index in [0.717, 1.165) is 11.8 Å². The van der Waals surface area contributed by atoms with Gasteiger partial charge in [0.2, 0.25) is 0 Å². The molecule has 13 heavy (non-hydrogen) atoms. The zero-order valence-electron chi connectivity index (χ0n) is 6.85. The van der Waals surface area contributed by atoms with E-state index in [0.29, 0.717) is 0 Å². The van der Waals surface area contributed by atoms with Crippen LogP contribution in [0.1, 0.15) is 5.56 Å². The number of hydrogen-bond donors (Lipinski definition) is 1. The SMILES string of the molecule is CSc1cccc(N)c1C(F)(F)F. The van der Waals surface area contributed by atoms with Gasteiger partial charge in [0.15, 0.2) is 0 Å². The van der Waals surface area contributed by atoms with E-state index in [-0.39, 0.29) is 10.6 Å². The number of alkyl halides is 3. The molecule has 0 unspecified atom stereocenters. The van der Waals surface area contributed by atoms with Gasteiger partial charge in [-0.3, -0.25) is 0 Å². The maximum absolute atomic E-state index is 12.4. The molecule has 0 amide bonds. The van der Waals surface area contributed by atoms with Gasteiger partial charge in [-0.1, -0.05) is 6.07 Å². The van der Waals surface area contributed by atoms with E-state index in [1.165, 1.54) is 18.2 Å². The molecular weight excluding hydrogens is 199 g/mol. The van der Waals surface area contributed by atoms with E-state index in [2.05, 4.69) is 0 Å². The molecule has 1 rings (SSSR count). The third kappa shape index (κ3) is 2.09. The van der Waals surface area contributed by atoms with Crippen LogP contribution in [0.25, 0.3) is 0 Å². The van der Waals surface area contributed by atoms with Gasteiger partial charge < -0.3 is 5.73 Å². The Hall–Kier alpha value is -0.840. The normalized spacial score (nSPS) is 11.7. The molecule has 0 fully saturated rings. The van der Waals surface area contributed by atoms with Crippen molar-refractivity contribution < 1.29 is 13.2 Å². The number of hydrogen-bond acceptors (Lipinski definition) is 2. The van der Waals surface area contributed by atoms with Crippen molar-refractivity contribution >= 4 is 17.4 Å². The van der Waals surface area contributed by atoms with Crippen molar-refractivity contribution in [2.24, 2.45) is 0 Å². The highest BCUT2D eigenvalue weighted by atomic mass is 32.2. The van der Waals surface area contributed by atoms with Gasteiger partial charge in [-0.25, -0.2) is 0 Å². The first-order valence-corrected chi connectivity index (χ1v) is 4.69. The molecule has 0 spiro atoms. The lowest BCUT2D eigenvalue weighted by Crippen LogP contribution is -2.10. The van der Waals surface area contributed by atoms with E-state index in [9.17, 15) is 13.2 Å². The largest absolute Gasteiger partial charge is 0.419 e. The van der Waals surface area contributed by atoms with Crippen LogP contribution in [-0.2, 0) is 6.18 Å². The fraction of sp³-hybridized carbons (Fsp3) is 0.250. The van der Waals surface area contributed by atoms with Crippen LogP contribution in [-0.4, -0.2) is 6.26 Å². The van der Waals surface area contributed by atoms with Crippen LogP contribution < -0.4 is 5.73 Å². The molecule has 0 atom stereocenters. The number of nitrogens with two attached hydrogens (primary N) is 1. The summed E-state index contributed by atoms with van der Waals surface area (Å²) in [7, 11) is 0. The summed E-state index contributed by atoms with van der Waals surface area (Å²) in [5.74, 6) is 0. The molecule has 1 nitrogen and oxygen atoms in total. The molecular formula is C8H8F3NS. The Kier molecular flexibility index (Phi) is 2.75. The van der Waals surface area contributed by atoms with Crippen molar-refractivity contribution in [2.45, 2.75) is 11.1 Å². The second kappa shape index (κ2) is 3.49. The summed E-state index contributed by atoms with van der Waals surface area (Å²) in [6.45, 7) is 0. The van der Waals surface area contributed by atoms with Crippen molar-refractivity contribution in [3.63, 3.8) is 0 Å². The number of anilines is 1. The topological polar surface area (TPSA) is 26.0 Å². The molecule has 2 N–H and O–H groups in total. The highest BCUT2D eigenvalue weighted by Gasteiger charge is 2.35. The second-order valence-electron chi connectivity index (χ2n) is 2.42. The first kappa shape index (κ1) is 10.2. The fourth-order valence-corrected chi connectivity index (χ4v) is 1.67. The molecule has 0 saturated carbocycles. The maximum atomic E-state index is 12.4. The van der Waals surface area contributed by atoms with Crippen LogP contribution in [0.15, 0.2) is 23.1 Å². The smallest absolute Gasteiger partial charge is 0.398 e. The molecule has 0 bridgehead atoms. The molecule has 0 radical (unpaired) electrons. The third-order valence-corrected chi connectivity index (χ3v) is 2.34. The standard InChI is InChI=1S/C8H8F3NS/c1-13-6-4-2-3-5(12)7(6)8(9,10)11/h2-4H,12H2,1H3. The van der Waals surface area contributed by atoms with E-state index < -0.39 is 11.7 Å². The van der Waals surface area contributed by atoms with Gasteiger partial charge in [-0.15, -0.1) is 11.8 Å². The Bertz CT molecular complexity index is 309. The average Bonchev–Trinajstić information content (AvgIpc) is 2.01. The van der Waals surface area contributed by atoms with Crippen molar-refractivity contribution in [3.05, 3.63) is 23.8 Å². The highest BCUT2D eigenvalue weighted by molar-refractivity contribution is 7.98. The summed E-state index contributed by atoms with van der Waals surface area (Å²) in [6.07, 6.45) is -2.78. The summed E-state index contributed by atoms with van der Waals surface area (Å²) >= 11 is 1.04. The summed E-state index contributed by atoms with van der Waals surface area (Å²) < 4.78 is 37.2. The molecule has 0 aliphatic heterocycles. The number of rotatable bonds is 1. The fourth-order valence-electron chi connectivity index (χ4n) is 1.02. The quantitative estimate of drug-likeness (QED) is 0.566. The summed E-state index contributed by atoms with van der Waals surface area (Å²) in [5.41, 5.74) is 4.29. The van der Waals surface area contributed by atoms with Crippen LogP contribution in [0.2, 0.25) is 0 Å². The maximum Gasteiger partial charge on any atom is 0.419 e. The van der Waals surface area contributed by atoms with E-state index in [1.54, 1.807) is 6.26 Å². The van der Waals surface area contributed by atoms with E-state index >= 15 is 0 Å². The van der Waals surface area contributed by atoms with Crippen LogP contribution in [0, 0.1) is 0 Å². The van der Waals surface area contributed by atoms with Gasteiger partial charge in [0.25, 0.3) is 0 Å². The van der Waals surface area contributed by atoms with Gasteiger partial charge in [0, 0.05) is 10.6 Å². The lowest BCUT2D eigenvalue weighted by Gasteiger charge is -2.13. The number of halogens is 3. The Morgan fingerprint density at radius 2 is 1.92 bits per heavy atom. The molecule has 5 heteroatoms. The Balaban J connectivity index is 3.32. The molecule has 0 aromatic heterocycles. The number of benzene rings is 1. The van der Waals surface area contributed by atoms with Crippen LogP contribution in [0.5, 0.6) is 0 Å². The molecule has 1 aromatic carbocycles. The predicted molar refractivity (Wildman–Crippen MR) is 47.6 cm³/mol. The van der Waals surface area contributed by atoms with Gasteiger partial charge in [0.1, 0.15) is 0 Å². The summed E-state index contributed by atoms with van der Waals surface area (Å²) in [5, 5.41) is 0. The lowest BCUT2D eigenvalue weighted by atomic mass is 10.2. The van der Waals surface area contributed by atoms with Crippen LogP contribution in [0.3, 0.4) is 0 Å². The summed E-state index contributed by atoms with van der Waals surface area (Å²) in [6, 6.07) is 4.17. The van der Waals surface area contributed by atoms with Crippen molar-refractivity contribution in [1.82, 2.24) is 0 Å². The molecule has 0 saturated heterocycles. The minimum atomic E-state index is -4.37. The lowest BCUT2D eigenvalue weighted by molar-refractivity contribution is -0.139. The zero-order valence-corrected chi connectivity index (χ0v) is 7.67. The summed E-state index contributed by atoms with van der Waals surface area (Å²) in [4.78, 5) is 0.160. The van der Waals surface area contributed by atoms with Gasteiger partial charge >= 0.3 is 6.18 Å². The zero-order chi connectivity index (χ0) is 10.1. The van der Waals surface area contributed by atoms with Crippen molar-refractivity contribution in [1.29, 1.82) is 0 Å². The Labute approximate surface area is 78.1 Å². The van der Waals surface area contributed by atoms with Gasteiger partial charge in [-0.05, 0) is 18.4 Å². The van der Waals surface area contributed by atoms with Gasteiger partial charge in [-0.2, -0.15) is 13.2 Å². The van der Waals surface area contributed by atoms with Crippen molar-refractivity contribution in [3.8, 4) is 0 Å². The number of thioether (sulfide) groups is 1. The van der Waals surface area contributed by atoms with Crippen LogP contribution >= 0.6 is 11.8 Å². The van der Waals surface area contributed by atoms with E-state index in [4.69, 9.17) is 5.73 Å². The minimum absolute atomic E-state index is 0.160. The molecule has 0 heterocycles. The Morgan fingerprint density at radius 3 is 2.31 bits per heavy atom. The first-order valence-electron chi connectivity index (χ1n) is 3.46. The third-order valence-electron chi connectivity index (χ3n) is 1.56. The monoisotopic (exact) mass is 207 g/mol. The van der Waals surface area contributed by atoms with Crippen LogP contribution in [0.4, 0.5) is 18.9 Å². The average molecular weight is 207 g/mol. The highest BCUT2D eigenvalue weighted by Crippen LogP contribution is 2.39. The molecule has 1 aromatic rings. The van der Waals surface area contributed by atoms with Crippen molar-refractivity contribution in [2.75, 3.05) is 12.0 Å². The Morgan fingerprint density at radius 1 is 1.31 bits per heavy atom. The minimum Gasteiger partial charge on any atom is -0.398 e.